The first-order valence-electron chi connectivity index (χ1n) is 9.88. The molecule has 9 nitrogen and oxygen atoms in total. The molecule has 0 spiro atoms. The Bertz CT molecular complexity index is 1350. The van der Waals surface area contributed by atoms with Crippen molar-refractivity contribution in [1.29, 1.82) is 0 Å². The maximum atomic E-state index is 12.8. The molecule has 5 rings (SSSR count). The van der Waals surface area contributed by atoms with E-state index >= 15 is 0 Å². The van der Waals surface area contributed by atoms with Gasteiger partial charge in [0.15, 0.2) is 5.69 Å². The highest BCUT2D eigenvalue weighted by Gasteiger charge is 2.22. The quantitative estimate of drug-likeness (QED) is 0.431. The Morgan fingerprint density at radius 3 is 2.45 bits per heavy atom. The molecule has 1 unspecified atom stereocenters. The van der Waals surface area contributed by atoms with Crippen molar-refractivity contribution in [3.63, 3.8) is 0 Å². The van der Waals surface area contributed by atoms with Gasteiger partial charge >= 0.3 is 0 Å². The summed E-state index contributed by atoms with van der Waals surface area (Å²) in [5.74, 6) is 0. The van der Waals surface area contributed by atoms with Crippen LogP contribution < -0.4 is 5.56 Å². The first-order chi connectivity index (χ1) is 15.1. The van der Waals surface area contributed by atoms with Crippen molar-refractivity contribution in [2.45, 2.75) is 19.2 Å². The smallest absolute Gasteiger partial charge is 0.296 e. The molecule has 3 heterocycles. The van der Waals surface area contributed by atoms with Gasteiger partial charge in [-0.15, -0.1) is 0 Å². The Labute approximate surface area is 176 Å². The molecule has 9 heteroatoms. The summed E-state index contributed by atoms with van der Waals surface area (Å²) in [6.45, 7) is -0.0625. The van der Waals surface area contributed by atoms with Crippen LogP contribution in [-0.4, -0.2) is 52.3 Å². The number of hydrogen-bond donors (Lipinski definition) is 2. The van der Waals surface area contributed by atoms with Gasteiger partial charge in [-0.3, -0.25) is 9.48 Å². The zero-order valence-corrected chi connectivity index (χ0v) is 16.5. The third-order valence-electron chi connectivity index (χ3n) is 5.17. The Balaban J connectivity index is 1.57. The normalized spacial score (nSPS) is 12.6. The lowest BCUT2D eigenvalue weighted by molar-refractivity contribution is 0.0776. The van der Waals surface area contributed by atoms with Crippen LogP contribution in [-0.2, 0) is 13.1 Å². The first-order valence-corrected chi connectivity index (χ1v) is 9.88. The van der Waals surface area contributed by atoms with Gasteiger partial charge in [-0.05, 0) is 29.8 Å². The lowest BCUT2D eigenvalue weighted by atomic mass is 10.1. The molecule has 0 saturated heterocycles. The Morgan fingerprint density at radius 1 is 0.935 bits per heavy atom. The van der Waals surface area contributed by atoms with Crippen LogP contribution in [0.15, 0.2) is 71.8 Å². The van der Waals surface area contributed by atoms with E-state index < -0.39 is 18.3 Å². The summed E-state index contributed by atoms with van der Waals surface area (Å²) < 4.78 is 4.74. The van der Waals surface area contributed by atoms with Gasteiger partial charge in [-0.1, -0.05) is 30.3 Å². The van der Waals surface area contributed by atoms with Gasteiger partial charge in [0, 0.05) is 17.8 Å². The molecule has 1 atom stereocenters. The van der Waals surface area contributed by atoms with Gasteiger partial charge < -0.3 is 10.2 Å². The molecular weight excluding hydrogens is 396 g/mol. The molecule has 2 N–H and O–H groups in total. The molecule has 2 aromatic carbocycles. The number of aromatic nitrogens is 6. The van der Waals surface area contributed by atoms with Crippen LogP contribution in [0.2, 0.25) is 0 Å². The molecule has 2 aliphatic rings. The minimum atomic E-state index is -1.06. The summed E-state index contributed by atoms with van der Waals surface area (Å²) in [6.07, 6.45) is 2.55. The van der Waals surface area contributed by atoms with E-state index in [9.17, 15) is 9.90 Å². The predicted molar refractivity (Wildman–Crippen MR) is 114 cm³/mol. The average molecular weight is 416 g/mol. The number of fused-ring (bicyclic) bond motifs is 3. The molecule has 31 heavy (non-hydrogen) atoms. The average Bonchev–Trinajstić information content (AvgIpc) is 3.44. The van der Waals surface area contributed by atoms with Crippen molar-refractivity contribution in [1.82, 2.24) is 29.3 Å². The molecule has 0 fully saturated rings. The van der Waals surface area contributed by atoms with Gasteiger partial charge in [-0.2, -0.15) is 15.3 Å². The molecule has 0 amide bonds. The van der Waals surface area contributed by atoms with Crippen LogP contribution in [0, 0.1) is 0 Å². The molecular formula is C22H20N6O3. The number of nitrogens with zero attached hydrogens (tertiary/aromatic N) is 6. The second kappa shape index (κ2) is 7.78. The van der Waals surface area contributed by atoms with Crippen LogP contribution in [0.1, 0.15) is 5.56 Å². The Kier molecular flexibility index (Phi) is 4.81. The van der Waals surface area contributed by atoms with Crippen molar-refractivity contribution < 1.29 is 10.2 Å². The summed E-state index contributed by atoms with van der Waals surface area (Å²) in [5.41, 5.74) is 3.15. The highest BCUT2D eigenvalue weighted by atomic mass is 16.3. The molecule has 0 saturated carbocycles. The largest absolute Gasteiger partial charge is 0.394 e. The number of benzene rings is 2. The number of aliphatic hydroxyl groups excluding tert-OH is 2. The fourth-order valence-electron chi connectivity index (χ4n) is 3.63. The van der Waals surface area contributed by atoms with E-state index in [-0.39, 0.29) is 12.2 Å². The highest BCUT2D eigenvalue weighted by molar-refractivity contribution is 5.91. The van der Waals surface area contributed by atoms with Gasteiger partial charge in [0.05, 0.1) is 37.0 Å². The summed E-state index contributed by atoms with van der Waals surface area (Å²) in [6, 6.07) is 17.5. The molecule has 156 valence electrons. The summed E-state index contributed by atoms with van der Waals surface area (Å²) in [5, 5.41) is 32.8. The topological polar surface area (TPSA) is 111 Å². The Morgan fingerprint density at radius 2 is 1.71 bits per heavy atom. The number of para-hydroxylation sites is 1. The maximum Gasteiger partial charge on any atom is 0.296 e. The fourth-order valence-corrected chi connectivity index (χ4v) is 3.63. The van der Waals surface area contributed by atoms with E-state index in [1.807, 2.05) is 60.8 Å². The second-order valence-corrected chi connectivity index (χ2v) is 7.31. The van der Waals surface area contributed by atoms with Gasteiger partial charge in [0.1, 0.15) is 5.69 Å². The zero-order valence-electron chi connectivity index (χ0n) is 16.5. The third-order valence-corrected chi connectivity index (χ3v) is 5.17. The minimum Gasteiger partial charge on any atom is -0.394 e. The van der Waals surface area contributed by atoms with E-state index in [1.54, 1.807) is 15.6 Å². The molecule has 0 radical (unpaired) electrons. The SMILES string of the molecule is O=c1c2nn(Cc3ccc(-n4cccn4)cc3)c3ccccc3c-2nn1CC(O)CO. The maximum absolute atomic E-state index is 12.8. The summed E-state index contributed by atoms with van der Waals surface area (Å²) in [4.78, 5) is 12.8. The van der Waals surface area contributed by atoms with Crippen molar-refractivity contribution in [2.24, 2.45) is 0 Å². The number of hydrogen-bond acceptors (Lipinski definition) is 6. The number of aliphatic hydroxyl groups is 2. The predicted octanol–water partition coefficient (Wildman–Crippen LogP) is 1.28. The van der Waals surface area contributed by atoms with Crippen molar-refractivity contribution in [3.05, 3.63) is 82.9 Å². The van der Waals surface area contributed by atoms with Crippen LogP contribution in [0.5, 0.6) is 0 Å². The van der Waals surface area contributed by atoms with Crippen LogP contribution in [0.4, 0.5) is 0 Å². The fraction of sp³-hybridized carbons (Fsp3) is 0.182. The van der Waals surface area contributed by atoms with Crippen molar-refractivity contribution >= 4 is 10.9 Å². The van der Waals surface area contributed by atoms with Crippen LogP contribution >= 0.6 is 0 Å². The monoisotopic (exact) mass is 416 g/mol. The molecule has 0 bridgehead atoms. The first kappa shape index (κ1) is 19.2. The molecule has 2 aliphatic heterocycles. The van der Waals surface area contributed by atoms with Gasteiger partial charge in [0.25, 0.3) is 5.56 Å². The van der Waals surface area contributed by atoms with Crippen molar-refractivity contribution in [2.75, 3.05) is 6.61 Å². The molecule has 1 aromatic heterocycles. The highest BCUT2D eigenvalue weighted by Crippen LogP contribution is 2.25. The molecule has 3 aromatic rings. The summed E-state index contributed by atoms with van der Waals surface area (Å²) in [7, 11) is 0. The second-order valence-electron chi connectivity index (χ2n) is 7.31. The zero-order chi connectivity index (χ0) is 21.4. The number of rotatable bonds is 6. The van der Waals surface area contributed by atoms with E-state index in [2.05, 4.69) is 15.3 Å². The summed E-state index contributed by atoms with van der Waals surface area (Å²) >= 11 is 0. The lowest BCUT2D eigenvalue weighted by Gasteiger charge is -2.12. The lowest BCUT2D eigenvalue weighted by Crippen LogP contribution is -2.27. The van der Waals surface area contributed by atoms with Crippen LogP contribution in [0.3, 0.4) is 0 Å². The molecule has 0 aliphatic carbocycles. The minimum absolute atomic E-state index is 0.0884. The van der Waals surface area contributed by atoms with E-state index in [0.717, 1.165) is 26.8 Å². The van der Waals surface area contributed by atoms with Crippen LogP contribution in [0.25, 0.3) is 28.0 Å². The van der Waals surface area contributed by atoms with Crippen molar-refractivity contribution in [3.8, 4) is 17.1 Å². The standard InChI is InChI=1S/C22H20N6O3/c29-14-17(30)13-28-22(31)21-20(24-28)18-4-1-2-5-19(18)27(25-21)12-15-6-8-16(9-7-15)26-11-3-10-23-26/h1-11,17,29-30H,12-14H2. The van der Waals surface area contributed by atoms with E-state index in [0.29, 0.717) is 12.2 Å². The van der Waals surface area contributed by atoms with E-state index in [1.165, 1.54) is 0 Å². The third kappa shape index (κ3) is 3.49. The van der Waals surface area contributed by atoms with E-state index in [4.69, 9.17) is 5.11 Å². The van der Waals surface area contributed by atoms with Gasteiger partial charge in [-0.25, -0.2) is 9.36 Å². The Hall–Kier alpha value is -3.82. The van der Waals surface area contributed by atoms with Gasteiger partial charge in [0.2, 0.25) is 0 Å².